The van der Waals surface area contributed by atoms with E-state index in [0.29, 0.717) is 17.4 Å². The first-order valence-corrected chi connectivity index (χ1v) is 8.15. The van der Waals surface area contributed by atoms with Crippen LogP contribution in [0.2, 0.25) is 0 Å². The quantitative estimate of drug-likeness (QED) is 0.671. The molecule has 2 fully saturated rings. The lowest BCUT2D eigenvalue weighted by Gasteiger charge is -2.15. The number of rotatable bonds is 5. The third kappa shape index (κ3) is 2.92. The smallest absolute Gasteiger partial charge is 0.244 e. The summed E-state index contributed by atoms with van der Waals surface area (Å²) in [6, 6.07) is 5.51. The highest BCUT2D eigenvalue weighted by Crippen LogP contribution is 2.66. The van der Waals surface area contributed by atoms with Crippen LogP contribution >= 0.6 is 0 Å². The van der Waals surface area contributed by atoms with Gasteiger partial charge in [0, 0.05) is 5.92 Å². The fourth-order valence-corrected chi connectivity index (χ4v) is 4.02. The maximum atomic E-state index is 12.3. The average molecular weight is 316 g/mol. The first-order valence-electron chi connectivity index (χ1n) is 8.15. The van der Waals surface area contributed by atoms with Gasteiger partial charge >= 0.3 is 0 Å². The molecule has 0 radical (unpaired) electrons. The second-order valence-electron chi connectivity index (χ2n) is 6.68. The minimum absolute atomic E-state index is 0.0520. The first kappa shape index (κ1) is 15.8. The molecule has 0 bridgehead atoms. The summed E-state index contributed by atoms with van der Waals surface area (Å²) in [5.74, 6) is 2.04. The maximum Gasteiger partial charge on any atom is 0.244 e. The molecule has 0 aliphatic heterocycles. The molecular weight excluding hydrogens is 292 g/mol. The van der Waals surface area contributed by atoms with E-state index in [2.05, 4.69) is 17.5 Å². The first-order chi connectivity index (χ1) is 11.1. The van der Waals surface area contributed by atoms with E-state index < -0.39 is 0 Å². The van der Waals surface area contributed by atoms with Gasteiger partial charge in [-0.25, -0.2) is 5.43 Å². The van der Waals surface area contributed by atoms with Gasteiger partial charge in [-0.15, -0.1) is 0 Å². The van der Waals surface area contributed by atoms with Gasteiger partial charge in [0.25, 0.3) is 0 Å². The molecule has 5 nitrogen and oxygen atoms in total. The van der Waals surface area contributed by atoms with Gasteiger partial charge in [-0.05, 0) is 47.9 Å². The van der Waals surface area contributed by atoms with E-state index >= 15 is 0 Å². The van der Waals surface area contributed by atoms with Gasteiger partial charge in [-0.2, -0.15) is 5.10 Å². The van der Waals surface area contributed by atoms with Crippen molar-refractivity contribution in [3.63, 3.8) is 0 Å². The summed E-state index contributed by atoms with van der Waals surface area (Å²) in [6.07, 6.45) is 6.46. The summed E-state index contributed by atoms with van der Waals surface area (Å²) >= 11 is 0. The van der Waals surface area contributed by atoms with Gasteiger partial charge in [0.2, 0.25) is 5.91 Å². The summed E-state index contributed by atoms with van der Waals surface area (Å²) in [5, 5.41) is 4.10. The molecule has 1 amide bonds. The van der Waals surface area contributed by atoms with Gasteiger partial charge in [-0.1, -0.05) is 19.8 Å². The molecule has 0 aromatic heterocycles. The molecular formula is C18H24N2O3. The van der Waals surface area contributed by atoms with E-state index in [1.807, 2.05) is 18.2 Å². The number of amides is 1. The Labute approximate surface area is 137 Å². The highest BCUT2D eigenvalue weighted by molar-refractivity contribution is 5.86. The van der Waals surface area contributed by atoms with Crippen molar-refractivity contribution in [3.8, 4) is 11.5 Å². The summed E-state index contributed by atoms with van der Waals surface area (Å²) in [6.45, 7) is 2.24. The standard InChI is InChI=1S/C18H24N2O3/c1-18-9-5-4-6-13(18)16(18)17(21)20-19-11-12-7-8-14(22-2)15(10-12)23-3/h7-8,10-11,13,16H,4-6,9H2,1-3H3,(H,20,21)/t13-,16-,18-/m0/s1. The highest BCUT2D eigenvalue weighted by Gasteiger charge is 2.64. The summed E-state index contributed by atoms with van der Waals surface area (Å²) in [5.41, 5.74) is 3.76. The normalized spacial score (nSPS) is 29.0. The Balaban J connectivity index is 1.60. The maximum absolute atomic E-state index is 12.3. The second-order valence-corrected chi connectivity index (χ2v) is 6.68. The molecule has 23 heavy (non-hydrogen) atoms. The topological polar surface area (TPSA) is 59.9 Å². The van der Waals surface area contributed by atoms with Crippen molar-refractivity contribution in [1.82, 2.24) is 5.43 Å². The third-order valence-corrected chi connectivity index (χ3v) is 5.41. The zero-order valence-electron chi connectivity index (χ0n) is 14.0. The van der Waals surface area contributed by atoms with Crippen LogP contribution in [0.15, 0.2) is 23.3 Å². The van der Waals surface area contributed by atoms with E-state index in [9.17, 15) is 4.79 Å². The highest BCUT2D eigenvalue weighted by atomic mass is 16.5. The lowest BCUT2D eigenvalue weighted by Crippen LogP contribution is -2.22. The molecule has 124 valence electrons. The van der Waals surface area contributed by atoms with Gasteiger partial charge in [0.1, 0.15) is 0 Å². The predicted octanol–water partition coefficient (Wildman–Crippen LogP) is 2.98. The Hall–Kier alpha value is -2.04. The Kier molecular flexibility index (Phi) is 4.28. The molecule has 0 unspecified atom stereocenters. The molecule has 1 aromatic rings. The molecule has 0 saturated heterocycles. The van der Waals surface area contributed by atoms with Crippen LogP contribution < -0.4 is 14.9 Å². The minimum Gasteiger partial charge on any atom is -0.493 e. The number of nitrogens with one attached hydrogen (secondary N) is 1. The Morgan fingerprint density at radius 1 is 1.30 bits per heavy atom. The lowest BCUT2D eigenvalue weighted by atomic mass is 9.90. The Morgan fingerprint density at radius 2 is 2.09 bits per heavy atom. The predicted molar refractivity (Wildman–Crippen MR) is 88.8 cm³/mol. The fourth-order valence-electron chi connectivity index (χ4n) is 4.02. The van der Waals surface area contributed by atoms with Crippen LogP contribution in [0.25, 0.3) is 0 Å². The molecule has 5 heteroatoms. The van der Waals surface area contributed by atoms with Crippen LogP contribution in [0.3, 0.4) is 0 Å². The third-order valence-electron chi connectivity index (χ3n) is 5.41. The minimum atomic E-state index is 0.0520. The fraction of sp³-hybridized carbons (Fsp3) is 0.556. The van der Waals surface area contributed by atoms with Crippen molar-refractivity contribution in [2.75, 3.05) is 14.2 Å². The zero-order valence-corrected chi connectivity index (χ0v) is 14.0. The SMILES string of the molecule is COc1ccc(C=NNC(=O)[C@@H]2[C@@H]3CCCC[C@]23C)cc1OC. The van der Waals surface area contributed by atoms with Gasteiger partial charge in [-0.3, -0.25) is 4.79 Å². The molecule has 2 saturated carbocycles. The molecule has 0 heterocycles. The molecule has 1 N–H and O–H groups in total. The molecule has 1 aromatic carbocycles. The average Bonchev–Trinajstić information content (AvgIpc) is 3.20. The van der Waals surface area contributed by atoms with Gasteiger partial charge < -0.3 is 9.47 Å². The molecule has 2 aliphatic rings. The van der Waals surface area contributed by atoms with Crippen molar-refractivity contribution in [1.29, 1.82) is 0 Å². The summed E-state index contributed by atoms with van der Waals surface area (Å²) < 4.78 is 10.5. The van der Waals surface area contributed by atoms with Crippen LogP contribution in [0.4, 0.5) is 0 Å². The van der Waals surface area contributed by atoms with Crippen LogP contribution in [0, 0.1) is 17.3 Å². The van der Waals surface area contributed by atoms with Gasteiger partial charge in [0.05, 0.1) is 20.4 Å². The number of ether oxygens (including phenoxy) is 2. The van der Waals surface area contributed by atoms with Crippen molar-refractivity contribution < 1.29 is 14.3 Å². The number of nitrogens with zero attached hydrogens (tertiary/aromatic N) is 1. The van der Waals surface area contributed by atoms with Crippen molar-refractivity contribution in [2.24, 2.45) is 22.4 Å². The van der Waals surface area contributed by atoms with E-state index in [1.54, 1.807) is 20.4 Å². The molecule has 0 spiro atoms. The van der Waals surface area contributed by atoms with E-state index in [-0.39, 0.29) is 17.2 Å². The number of hydrogen-bond donors (Lipinski definition) is 1. The Morgan fingerprint density at radius 3 is 2.74 bits per heavy atom. The number of methoxy groups -OCH3 is 2. The molecule has 3 rings (SSSR count). The number of carbonyl (C=O) groups is 1. The zero-order chi connectivity index (χ0) is 16.4. The lowest BCUT2D eigenvalue weighted by molar-refractivity contribution is -0.123. The number of hydrazone groups is 1. The van der Waals surface area contributed by atoms with Crippen LogP contribution in [0.1, 0.15) is 38.2 Å². The summed E-state index contributed by atoms with van der Waals surface area (Å²) in [7, 11) is 3.19. The number of hydrogen-bond acceptors (Lipinski definition) is 4. The Bertz CT molecular complexity index is 629. The largest absolute Gasteiger partial charge is 0.493 e. The number of fused-ring (bicyclic) bond motifs is 1. The van der Waals surface area contributed by atoms with Gasteiger partial charge in [0.15, 0.2) is 11.5 Å². The summed E-state index contributed by atoms with van der Waals surface area (Å²) in [4.78, 5) is 12.3. The molecule has 2 aliphatic carbocycles. The van der Waals surface area contributed by atoms with E-state index in [1.165, 1.54) is 19.3 Å². The van der Waals surface area contributed by atoms with Crippen LogP contribution in [-0.4, -0.2) is 26.3 Å². The van der Waals surface area contributed by atoms with Crippen LogP contribution in [0.5, 0.6) is 11.5 Å². The monoisotopic (exact) mass is 316 g/mol. The second kappa shape index (κ2) is 6.22. The van der Waals surface area contributed by atoms with Crippen molar-refractivity contribution in [2.45, 2.75) is 32.6 Å². The number of carbonyl (C=O) groups excluding carboxylic acids is 1. The number of benzene rings is 1. The van der Waals surface area contributed by atoms with E-state index in [4.69, 9.17) is 9.47 Å². The van der Waals surface area contributed by atoms with E-state index in [0.717, 1.165) is 12.0 Å². The van der Waals surface area contributed by atoms with Crippen molar-refractivity contribution >= 4 is 12.1 Å². The van der Waals surface area contributed by atoms with Crippen LogP contribution in [-0.2, 0) is 4.79 Å². The van der Waals surface area contributed by atoms with Crippen molar-refractivity contribution in [3.05, 3.63) is 23.8 Å². The molecule has 3 atom stereocenters.